The van der Waals surface area contributed by atoms with E-state index in [0.29, 0.717) is 0 Å². The summed E-state index contributed by atoms with van der Waals surface area (Å²) in [5.74, 6) is -0.229. The first-order chi connectivity index (χ1) is 12.2. The van der Waals surface area contributed by atoms with Crippen molar-refractivity contribution in [2.45, 2.75) is 6.92 Å². The fourth-order valence-electron chi connectivity index (χ4n) is 2.94. The molecule has 0 atom stereocenters. The van der Waals surface area contributed by atoms with Crippen LogP contribution in [0.15, 0.2) is 85.1 Å². The molecule has 0 fully saturated rings. The van der Waals surface area contributed by atoms with Crippen LogP contribution in [-0.2, 0) is 0 Å². The summed E-state index contributed by atoms with van der Waals surface area (Å²) in [4.78, 5) is 0. The molecule has 3 aromatic carbocycles. The maximum Gasteiger partial charge on any atom is 0.123 e. The number of aryl methyl sites for hydroxylation is 1. The number of nitrogens with zero attached hydrogens (tertiary/aromatic N) is 2. The molecule has 0 saturated heterocycles. The first-order valence-corrected chi connectivity index (χ1v) is 8.18. The molecule has 0 amide bonds. The molecule has 122 valence electrons. The van der Waals surface area contributed by atoms with Gasteiger partial charge in [-0.2, -0.15) is 5.10 Å². The Morgan fingerprint density at radius 1 is 0.760 bits per heavy atom. The number of hydrogen-bond acceptors (Lipinski definition) is 1. The second-order valence-corrected chi connectivity index (χ2v) is 6.05. The van der Waals surface area contributed by atoms with E-state index in [1.54, 1.807) is 18.3 Å². The van der Waals surface area contributed by atoms with Gasteiger partial charge in [-0.25, -0.2) is 9.07 Å². The highest BCUT2D eigenvalue weighted by Crippen LogP contribution is 2.28. The summed E-state index contributed by atoms with van der Waals surface area (Å²) < 4.78 is 15.5. The van der Waals surface area contributed by atoms with Crippen LogP contribution in [0.5, 0.6) is 0 Å². The zero-order chi connectivity index (χ0) is 17.2. The van der Waals surface area contributed by atoms with Crippen LogP contribution in [0.2, 0.25) is 0 Å². The molecular weight excluding hydrogens is 311 g/mol. The van der Waals surface area contributed by atoms with Gasteiger partial charge in [0.25, 0.3) is 0 Å². The van der Waals surface area contributed by atoms with Crippen LogP contribution in [0.1, 0.15) is 5.56 Å². The van der Waals surface area contributed by atoms with Gasteiger partial charge in [0, 0.05) is 5.56 Å². The van der Waals surface area contributed by atoms with E-state index in [4.69, 9.17) is 0 Å². The molecule has 0 unspecified atom stereocenters. The third kappa shape index (κ3) is 3.09. The minimum atomic E-state index is -0.229. The van der Waals surface area contributed by atoms with Crippen molar-refractivity contribution in [3.63, 3.8) is 0 Å². The number of rotatable bonds is 3. The summed E-state index contributed by atoms with van der Waals surface area (Å²) in [6, 6.07) is 25.0. The van der Waals surface area contributed by atoms with Crippen molar-refractivity contribution in [3.8, 4) is 28.1 Å². The van der Waals surface area contributed by atoms with Gasteiger partial charge in [0.1, 0.15) is 5.82 Å². The summed E-state index contributed by atoms with van der Waals surface area (Å²) in [7, 11) is 0. The molecule has 4 aromatic rings. The smallest absolute Gasteiger partial charge is 0.123 e. The Kier molecular flexibility index (Phi) is 3.90. The van der Waals surface area contributed by atoms with E-state index in [-0.39, 0.29) is 5.82 Å². The highest BCUT2D eigenvalue weighted by molar-refractivity contribution is 5.72. The summed E-state index contributed by atoms with van der Waals surface area (Å²) in [5.41, 5.74) is 6.12. The van der Waals surface area contributed by atoms with Crippen LogP contribution in [-0.4, -0.2) is 9.78 Å². The first kappa shape index (κ1) is 15.3. The Balaban J connectivity index is 1.78. The van der Waals surface area contributed by atoms with Crippen molar-refractivity contribution >= 4 is 0 Å². The molecule has 0 spiro atoms. The normalized spacial score (nSPS) is 10.8. The van der Waals surface area contributed by atoms with Gasteiger partial charge in [-0.1, -0.05) is 48.0 Å². The average Bonchev–Trinajstić information content (AvgIpc) is 3.12. The maximum absolute atomic E-state index is 13.5. The van der Waals surface area contributed by atoms with Gasteiger partial charge >= 0.3 is 0 Å². The van der Waals surface area contributed by atoms with Gasteiger partial charge < -0.3 is 0 Å². The minimum Gasteiger partial charge on any atom is -0.233 e. The van der Waals surface area contributed by atoms with E-state index >= 15 is 0 Å². The Morgan fingerprint density at radius 2 is 1.44 bits per heavy atom. The first-order valence-electron chi connectivity index (χ1n) is 8.18. The lowest BCUT2D eigenvalue weighted by atomic mass is 10.0. The van der Waals surface area contributed by atoms with Gasteiger partial charge in [0.2, 0.25) is 0 Å². The second kappa shape index (κ2) is 6.36. The molecular formula is C22H17FN2. The molecule has 3 heteroatoms. The molecule has 0 aliphatic rings. The van der Waals surface area contributed by atoms with Crippen LogP contribution in [0.3, 0.4) is 0 Å². The SMILES string of the molecule is Cc1ccc(-n2nccc2-c2cccc(-c3cccc(F)c3)c2)cc1. The largest absolute Gasteiger partial charge is 0.233 e. The highest BCUT2D eigenvalue weighted by atomic mass is 19.1. The number of hydrogen-bond donors (Lipinski definition) is 0. The molecule has 1 heterocycles. The molecule has 0 saturated carbocycles. The lowest BCUT2D eigenvalue weighted by Gasteiger charge is -2.10. The summed E-state index contributed by atoms with van der Waals surface area (Å²) in [5, 5.41) is 4.47. The average molecular weight is 328 g/mol. The van der Waals surface area contributed by atoms with E-state index in [1.165, 1.54) is 11.6 Å². The predicted molar refractivity (Wildman–Crippen MR) is 99.1 cm³/mol. The standard InChI is InChI=1S/C22H17FN2/c1-16-8-10-21(11-9-16)25-22(12-13-24-25)19-6-2-4-17(14-19)18-5-3-7-20(23)15-18/h2-15H,1H3. The third-order valence-electron chi connectivity index (χ3n) is 4.24. The zero-order valence-corrected chi connectivity index (χ0v) is 13.9. The fraction of sp³-hybridized carbons (Fsp3) is 0.0455. The Labute approximate surface area is 146 Å². The molecule has 4 rings (SSSR count). The Hall–Kier alpha value is -3.20. The van der Waals surface area contributed by atoms with Gasteiger partial charge in [-0.15, -0.1) is 0 Å². The predicted octanol–water partition coefficient (Wildman–Crippen LogP) is 5.65. The highest BCUT2D eigenvalue weighted by Gasteiger charge is 2.09. The Bertz CT molecular complexity index is 1020. The van der Waals surface area contributed by atoms with E-state index in [9.17, 15) is 4.39 Å². The van der Waals surface area contributed by atoms with Crippen LogP contribution in [0, 0.1) is 12.7 Å². The van der Waals surface area contributed by atoms with Crippen molar-refractivity contribution in [1.29, 1.82) is 0 Å². The van der Waals surface area contributed by atoms with E-state index in [2.05, 4.69) is 42.4 Å². The summed E-state index contributed by atoms with van der Waals surface area (Å²) in [6.07, 6.45) is 1.80. The zero-order valence-electron chi connectivity index (χ0n) is 13.9. The van der Waals surface area contributed by atoms with Crippen molar-refractivity contribution in [1.82, 2.24) is 9.78 Å². The molecule has 1 aromatic heterocycles. The number of benzene rings is 3. The Morgan fingerprint density at radius 3 is 2.20 bits per heavy atom. The van der Waals surface area contributed by atoms with Gasteiger partial charge in [-0.05, 0) is 54.4 Å². The lowest BCUT2D eigenvalue weighted by molar-refractivity contribution is 0.628. The van der Waals surface area contributed by atoms with Crippen molar-refractivity contribution in [2.24, 2.45) is 0 Å². The van der Waals surface area contributed by atoms with E-state index in [0.717, 1.165) is 28.1 Å². The van der Waals surface area contributed by atoms with Crippen LogP contribution >= 0.6 is 0 Å². The van der Waals surface area contributed by atoms with Gasteiger partial charge in [0.15, 0.2) is 0 Å². The maximum atomic E-state index is 13.5. The van der Waals surface area contributed by atoms with Crippen molar-refractivity contribution in [2.75, 3.05) is 0 Å². The molecule has 2 nitrogen and oxygen atoms in total. The topological polar surface area (TPSA) is 17.8 Å². The van der Waals surface area contributed by atoms with Crippen LogP contribution in [0.4, 0.5) is 4.39 Å². The van der Waals surface area contributed by atoms with Crippen molar-refractivity contribution in [3.05, 3.63) is 96.4 Å². The molecule has 0 aliphatic carbocycles. The second-order valence-electron chi connectivity index (χ2n) is 6.05. The van der Waals surface area contributed by atoms with Crippen LogP contribution in [0.25, 0.3) is 28.1 Å². The van der Waals surface area contributed by atoms with E-state index in [1.807, 2.05) is 35.0 Å². The number of halogens is 1. The summed E-state index contributed by atoms with van der Waals surface area (Å²) in [6.45, 7) is 2.07. The van der Waals surface area contributed by atoms with Gasteiger partial charge in [-0.3, -0.25) is 0 Å². The monoisotopic (exact) mass is 328 g/mol. The lowest BCUT2D eigenvalue weighted by Crippen LogP contribution is -1.98. The molecule has 0 radical (unpaired) electrons. The minimum absolute atomic E-state index is 0.229. The molecule has 0 N–H and O–H groups in total. The number of aromatic nitrogens is 2. The van der Waals surface area contributed by atoms with Crippen LogP contribution < -0.4 is 0 Å². The van der Waals surface area contributed by atoms with E-state index < -0.39 is 0 Å². The third-order valence-corrected chi connectivity index (χ3v) is 4.24. The quantitative estimate of drug-likeness (QED) is 0.475. The molecule has 25 heavy (non-hydrogen) atoms. The summed E-state index contributed by atoms with van der Waals surface area (Å²) >= 11 is 0. The van der Waals surface area contributed by atoms with Gasteiger partial charge in [0.05, 0.1) is 17.6 Å². The molecule has 0 aliphatic heterocycles. The molecule has 0 bridgehead atoms. The van der Waals surface area contributed by atoms with Crippen molar-refractivity contribution < 1.29 is 4.39 Å². The fourth-order valence-corrected chi connectivity index (χ4v) is 2.94.